The fourth-order valence-corrected chi connectivity index (χ4v) is 7.21. The maximum atomic E-state index is 12.9. The third-order valence-corrected chi connectivity index (χ3v) is 9.76. The number of carboxylic acids is 2. The minimum atomic E-state index is -5.94. The molecule has 24 heteroatoms. The summed E-state index contributed by atoms with van der Waals surface area (Å²) < 4.78 is 109. The van der Waals surface area contributed by atoms with Gasteiger partial charge in [0.25, 0.3) is 6.10 Å². The van der Waals surface area contributed by atoms with E-state index in [2.05, 4.69) is 4.74 Å². The molecule has 0 spiro atoms. The van der Waals surface area contributed by atoms with E-state index in [1.54, 1.807) is 5.32 Å². The lowest BCUT2D eigenvalue weighted by molar-refractivity contribution is -0.306. The number of unbranched alkanes of at least 4 members (excludes halogenated alkanes) is 2. The molecule has 0 aliphatic heterocycles. The number of nitrogens with one attached hydrogen (secondary N) is 1. The standard InChI is InChI=1S/C38H38F6N3O13PS/c39-37(40,41)33(38(42,43)44)57-36(54)47-25-15-21-28(22-16-25)60-61(62,58-26-17-11-23(12-18-26)29(55-34(45)52)7-3-1-5-9-31(48)49)59-27-19-13-24(14-20-27)30(56-35(46)53)8-4-2-6-10-32(50)51/h5-6,9-22,29-30,33H,1-4,7-8H2,(H2,45,52)(H2,46,53)(H,47,54)(H,48,49)(H,50,51). The molecule has 2 atom stereocenters. The number of primary amides is 2. The number of ether oxygens (including phenoxy) is 3. The van der Waals surface area contributed by atoms with Gasteiger partial charge in [-0.3, -0.25) is 5.32 Å². The predicted octanol–water partition coefficient (Wildman–Crippen LogP) is 9.38. The van der Waals surface area contributed by atoms with Gasteiger partial charge in [0.2, 0.25) is 0 Å². The molecule has 3 aromatic rings. The molecular formula is C38H38F6N3O13PS. The van der Waals surface area contributed by atoms with Gasteiger partial charge in [-0.15, -0.1) is 0 Å². The van der Waals surface area contributed by atoms with Crippen LogP contribution in [-0.4, -0.2) is 58.9 Å². The average molecular weight is 922 g/mol. The van der Waals surface area contributed by atoms with Crippen LogP contribution in [-0.2, 0) is 35.6 Å². The predicted molar refractivity (Wildman–Crippen MR) is 210 cm³/mol. The first-order valence-corrected chi connectivity index (χ1v) is 20.4. The Morgan fingerprint density at radius 1 is 0.629 bits per heavy atom. The number of hydrogen-bond acceptors (Lipinski definition) is 12. The van der Waals surface area contributed by atoms with Crippen LogP contribution >= 0.6 is 6.72 Å². The summed E-state index contributed by atoms with van der Waals surface area (Å²) in [6.45, 7) is -4.02. The van der Waals surface area contributed by atoms with Gasteiger partial charge in [0.05, 0.1) is 0 Å². The van der Waals surface area contributed by atoms with Crippen molar-refractivity contribution in [2.24, 2.45) is 11.5 Å². The second-order valence-corrected chi connectivity index (χ2v) is 15.4. The van der Waals surface area contributed by atoms with Crippen molar-refractivity contribution in [2.45, 2.75) is 69.2 Å². The summed E-state index contributed by atoms with van der Waals surface area (Å²) in [5, 5.41) is 19.3. The van der Waals surface area contributed by atoms with Crippen molar-refractivity contribution in [3.05, 3.63) is 108 Å². The molecule has 7 N–H and O–H groups in total. The first-order chi connectivity index (χ1) is 29.0. The number of amides is 3. The molecule has 0 fully saturated rings. The summed E-state index contributed by atoms with van der Waals surface area (Å²) in [5.41, 5.74) is 11.1. The molecule has 0 aromatic heterocycles. The van der Waals surface area contributed by atoms with Crippen LogP contribution in [0.25, 0.3) is 0 Å². The van der Waals surface area contributed by atoms with E-state index in [-0.39, 0.29) is 35.8 Å². The topological polar surface area (TPSA) is 245 Å². The van der Waals surface area contributed by atoms with E-state index in [9.17, 15) is 50.3 Å². The summed E-state index contributed by atoms with van der Waals surface area (Å²) >= 11 is 5.72. The van der Waals surface area contributed by atoms with Gasteiger partial charge < -0.3 is 49.5 Å². The first kappa shape index (κ1) is 49.9. The molecule has 0 bridgehead atoms. The van der Waals surface area contributed by atoms with Crippen molar-refractivity contribution in [1.82, 2.24) is 0 Å². The molecule has 0 saturated heterocycles. The molecule has 2 unspecified atom stereocenters. The summed E-state index contributed by atoms with van der Waals surface area (Å²) in [6, 6.07) is 16.1. The molecule has 336 valence electrons. The van der Waals surface area contributed by atoms with Gasteiger partial charge in [0, 0.05) is 29.6 Å². The van der Waals surface area contributed by atoms with E-state index >= 15 is 0 Å². The van der Waals surface area contributed by atoms with Gasteiger partial charge in [-0.1, -0.05) is 36.4 Å². The quantitative estimate of drug-likeness (QED) is 0.0207. The van der Waals surface area contributed by atoms with E-state index in [4.69, 9.17) is 56.5 Å². The molecule has 0 aliphatic carbocycles. The van der Waals surface area contributed by atoms with Gasteiger partial charge in [-0.25, -0.2) is 24.0 Å². The van der Waals surface area contributed by atoms with Crippen molar-refractivity contribution >= 4 is 54.4 Å². The molecule has 3 aromatic carbocycles. The average Bonchev–Trinajstić information content (AvgIpc) is 3.16. The van der Waals surface area contributed by atoms with Crippen LogP contribution in [0.1, 0.15) is 61.9 Å². The van der Waals surface area contributed by atoms with E-state index in [0.29, 0.717) is 36.8 Å². The Hall–Kier alpha value is -6.48. The molecule has 0 aliphatic rings. The number of alkyl halides is 6. The van der Waals surface area contributed by atoms with Gasteiger partial charge >= 0.3 is 49.3 Å². The number of nitrogens with two attached hydrogens (primary N) is 2. The number of hydrogen-bond donors (Lipinski definition) is 5. The number of aliphatic carboxylic acids is 2. The van der Waals surface area contributed by atoms with Crippen LogP contribution < -0.4 is 30.4 Å². The van der Waals surface area contributed by atoms with Crippen molar-refractivity contribution in [3.63, 3.8) is 0 Å². The van der Waals surface area contributed by atoms with Crippen molar-refractivity contribution in [2.75, 3.05) is 5.32 Å². The number of carbonyl (C=O) groups excluding carboxylic acids is 3. The molecule has 3 amide bonds. The van der Waals surface area contributed by atoms with Crippen LogP contribution in [0.15, 0.2) is 97.1 Å². The maximum Gasteiger partial charge on any atom is 0.490 e. The van der Waals surface area contributed by atoms with Crippen LogP contribution in [0, 0.1) is 0 Å². The number of carboxylic acid groups (broad SMARTS) is 2. The zero-order valence-electron chi connectivity index (χ0n) is 31.9. The highest BCUT2D eigenvalue weighted by Crippen LogP contribution is 2.50. The van der Waals surface area contributed by atoms with Gasteiger partial charge in [-0.2, -0.15) is 26.3 Å². The summed E-state index contributed by atoms with van der Waals surface area (Å²) in [5.74, 6) is -2.23. The number of halogens is 6. The summed E-state index contributed by atoms with van der Waals surface area (Å²) in [7, 11) is 0. The van der Waals surface area contributed by atoms with Crippen LogP contribution in [0.2, 0.25) is 0 Å². The van der Waals surface area contributed by atoms with Crippen molar-refractivity contribution in [1.29, 1.82) is 0 Å². The van der Waals surface area contributed by atoms with E-state index < -0.39 is 67.6 Å². The first-order valence-electron chi connectivity index (χ1n) is 17.8. The van der Waals surface area contributed by atoms with Crippen molar-refractivity contribution in [3.8, 4) is 17.2 Å². The highest BCUT2D eigenvalue weighted by Gasteiger charge is 2.60. The Morgan fingerprint density at radius 3 is 1.31 bits per heavy atom. The number of anilines is 1. The van der Waals surface area contributed by atoms with Gasteiger partial charge in [0.1, 0.15) is 29.5 Å². The third-order valence-electron chi connectivity index (χ3n) is 7.79. The van der Waals surface area contributed by atoms with E-state index in [0.717, 1.165) is 36.4 Å². The van der Waals surface area contributed by atoms with Crippen LogP contribution in [0.4, 0.5) is 46.4 Å². The zero-order chi connectivity index (χ0) is 46.1. The lowest BCUT2D eigenvalue weighted by Gasteiger charge is -2.24. The van der Waals surface area contributed by atoms with Gasteiger partial charge in [0.15, 0.2) is 0 Å². The second-order valence-electron chi connectivity index (χ2n) is 12.6. The third kappa shape index (κ3) is 18.0. The zero-order valence-corrected chi connectivity index (χ0v) is 33.6. The number of rotatable bonds is 22. The fraction of sp³-hybridized carbons (Fsp3) is 0.289. The van der Waals surface area contributed by atoms with Crippen LogP contribution in [0.5, 0.6) is 17.2 Å². The Morgan fingerprint density at radius 2 is 0.984 bits per heavy atom. The Bertz CT molecular complexity index is 1990. The van der Waals surface area contributed by atoms with E-state index in [1.165, 1.54) is 60.7 Å². The van der Waals surface area contributed by atoms with Crippen LogP contribution in [0.3, 0.4) is 0 Å². The minimum Gasteiger partial charge on any atom is -0.478 e. The highest BCUT2D eigenvalue weighted by atomic mass is 32.5. The molecule has 0 heterocycles. The number of allylic oxidation sites excluding steroid dienone is 2. The maximum absolute atomic E-state index is 12.9. The molecule has 3 rings (SSSR count). The highest BCUT2D eigenvalue weighted by molar-refractivity contribution is 8.08. The molecule has 0 radical (unpaired) electrons. The number of benzene rings is 3. The van der Waals surface area contributed by atoms with Gasteiger partial charge in [-0.05, 0) is 98.2 Å². The Balaban J connectivity index is 1.88. The largest absolute Gasteiger partial charge is 0.490 e. The molecule has 62 heavy (non-hydrogen) atoms. The fourth-order valence-electron chi connectivity index (χ4n) is 5.18. The molecular weight excluding hydrogens is 883 g/mol. The SMILES string of the molecule is NC(=O)OC(CCCC=CC(=O)O)c1ccc(OP(=S)(Oc2ccc(NC(=O)OC(C(F)(F)F)C(F)(F)F)cc2)Oc2ccc(C(CCCC=CC(=O)O)OC(N)=O)cc2)cc1. The monoisotopic (exact) mass is 921 g/mol. The Labute approximate surface area is 353 Å². The lowest BCUT2D eigenvalue weighted by Crippen LogP contribution is -2.46. The second kappa shape index (κ2) is 22.9. The summed E-state index contributed by atoms with van der Waals surface area (Å²) in [4.78, 5) is 56.7. The van der Waals surface area contributed by atoms with Crippen molar-refractivity contribution < 1.29 is 88.3 Å². The molecule has 16 nitrogen and oxygen atoms in total. The summed E-state index contributed by atoms with van der Waals surface area (Å²) in [6.07, 6.45) is -15.3. The number of carbonyl (C=O) groups is 5. The normalized spacial score (nSPS) is 13.7. The lowest BCUT2D eigenvalue weighted by atomic mass is 10.0. The minimum absolute atomic E-state index is 0.0627. The van der Waals surface area contributed by atoms with E-state index in [1.807, 2.05) is 0 Å². The molecule has 0 saturated carbocycles. The Kier molecular flexibility index (Phi) is 18.5. The smallest absolute Gasteiger partial charge is 0.478 e.